The fourth-order valence-electron chi connectivity index (χ4n) is 0.407. The molecule has 0 N–H and O–H groups in total. The molecule has 0 saturated carbocycles. The predicted octanol–water partition coefficient (Wildman–Crippen LogP) is 0.191. The van der Waals surface area contributed by atoms with Crippen molar-refractivity contribution in [1.82, 2.24) is 0 Å². The molecule has 7 heavy (non-hydrogen) atoms. The molecule has 1 radical (unpaired) electrons. The Labute approximate surface area is 68.4 Å². The van der Waals surface area contributed by atoms with Gasteiger partial charge >= 0.3 is 0 Å². The summed E-state index contributed by atoms with van der Waals surface area (Å²) in [6, 6.07) is 0. The SMILES string of the molecule is [CH2-]C1OCCO1.[Y]. The molecule has 1 rings (SSSR count). The molecule has 39 valence electrons. The predicted molar refractivity (Wildman–Crippen MR) is 21.0 cm³/mol. The molecule has 0 aromatic carbocycles. The molecule has 1 aliphatic rings. The van der Waals surface area contributed by atoms with E-state index in [1.165, 1.54) is 0 Å². The standard InChI is InChI=1S/C4H7O2.Y/c1-4-5-2-3-6-4;/h4H,1-3H2;/q-1;. The topological polar surface area (TPSA) is 18.5 Å². The Balaban J connectivity index is 0.000000360. The van der Waals surface area contributed by atoms with E-state index in [1.807, 2.05) is 0 Å². The Morgan fingerprint density at radius 1 is 1.29 bits per heavy atom. The van der Waals surface area contributed by atoms with Gasteiger partial charge in [0.15, 0.2) is 0 Å². The summed E-state index contributed by atoms with van der Waals surface area (Å²) in [5, 5.41) is 0. The molecular weight excluding hydrogens is 169 g/mol. The average molecular weight is 176 g/mol. The molecule has 1 saturated heterocycles. The first-order valence-corrected chi connectivity index (χ1v) is 1.96. The van der Waals surface area contributed by atoms with Crippen LogP contribution in [0.4, 0.5) is 0 Å². The molecule has 0 atom stereocenters. The van der Waals surface area contributed by atoms with E-state index >= 15 is 0 Å². The van der Waals surface area contributed by atoms with Crippen molar-refractivity contribution < 1.29 is 42.2 Å². The molecule has 0 aromatic heterocycles. The van der Waals surface area contributed by atoms with Crippen LogP contribution in [0.1, 0.15) is 0 Å². The summed E-state index contributed by atoms with van der Waals surface area (Å²) in [5.41, 5.74) is 0. The summed E-state index contributed by atoms with van der Waals surface area (Å²) in [6.45, 7) is 4.90. The quantitative estimate of drug-likeness (QED) is 0.490. The van der Waals surface area contributed by atoms with Gasteiger partial charge in [-0.1, -0.05) is 0 Å². The van der Waals surface area contributed by atoms with E-state index in [2.05, 4.69) is 6.92 Å². The Kier molecular flexibility index (Phi) is 4.54. The van der Waals surface area contributed by atoms with E-state index < -0.39 is 0 Å². The minimum Gasteiger partial charge on any atom is -0.381 e. The van der Waals surface area contributed by atoms with Crippen molar-refractivity contribution >= 4 is 0 Å². The molecule has 0 aliphatic carbocycles. The van der Waals surface area contributed by atoms with Crippen molar-refractivity contribution in [2.45, 2.75) is 6.29 Å². The van der Waals surface area contributed by atoms with E-state index in [1.54, 1.807) is 0 Å². The zero-order chi connectivity index (χ0) is 4.41. The van der Waals surface area contributed by atoms with Gasteiger partial charge in [-0.3, -0.25) is 6.92 Å². The maximum atomic E-state index is 4.82. The van der Waals surface area contributed by atoms with Crippen LogP contribution in [0.15, 0.2) is 0 Å². The van der Waals surface area contributed by atoms with Crippen LogP contribution in [0.2, 0.25) is 0 Å². The van der Waals surface area contributed by atoms with E-state index in [0.717, 1.165) is 0 Å². The van der Waals surface area contributed by atoms with Crippen molar-refractivity contribution in [3.8, 4) is 0 Å². The Morgan fingerprint density at radius 2 is 1.71 bits per heavy atom. The molecular formula is C4H7O2Y-. The van der Waals surface area contributed by atoms with Crippen LogP contribution in [0.3, 0.4) is 0 Å². The number of ether oxygens (including phenoxy) is 2. The molecule has 2 nitrogen and oxygen atoms in total. The molecule has 0 aromatic rings. The van der Waals surface area contributed by atoms with E-state index in [0.29, 0.717) is 13.2 Å². The average Bonchev–Trinajstić information content (AvgIpc) is 1.86. The maximum absolute atomic E-state index is 4.82. The summed E-state index contributed by atoms with van der Waals surface area (Å²) >= 11 is 0. The van der Waals surface area contributed by atoms with Gasteiger partial charge in [-0.25, -0.2) is 0 Å². The molecule has 1 aliphatic heterocycles. The minimum atomic E-state index is -0.204. The van der Waals surface area contributed by atoms with Gasteiger partial charge in [-0.15, -0.1) is 0 Å². The third kappa shape index (κ3) is 2.75. The first-order chi connectivity index (χ1) is 2.89. The van der Waals surface area contributed by atoms with Gasteiger partial charge in [0, 0.05) is 39.0 Å². The van der Waals surface area contributed by atoms with Crippen LogP contribution in [-0.2, 0) is 42.2 Å². The van der Waals surface area contributed by atoms with E-state index in [9.17, 15) is 0 Å². The van der Waals surface area contributed by atoms with Crippen molar-refractivity contribution in [2.75, 3.05) is 13.2 Å². The smallest absolute Gasteiger partial charge is 0.0698 e. The van der Waals surface area contributed by atoms with Crippen molar-refractivity contribution in [3.05, 3.63) is 6.92 Å². The van der Waals surface area contributed by atoms with Crippen molar-refractivity contribution in [3.63, 3.8) is 0 Å². The van der Waals surface area contributed by atoms with Gasteiger partial charge in [0.05, 0.1) is 13.2 Å². The third-order valence-electron chi connectivity index (χ3n) is 0.691. The zero-order valence-electron chi connectivity index (χ0n) is 4.09. The first kappa shape index (κ1) is 8.02. The first-order valence-electron chi connectivity index (χ1n) is 1.96. The van der Waals surface area contributed by atoms with E-state index in [4.69, 9.17) is 9.47 Å². The van der Waals surface area contributed by atoms with Gasteiger partial charge in [-0.2, -0.15) is 0 Å². The maximum Gasteiger partial charge on any atom is 0.0698 e. The van der Waals surface area contributed by atoms with Crippen LogP contribution in [0, 0.1) is 6.92 Å². The van der Waals surface area contributed by atoms with Gasteiger partial charge in [0.1, 0.15) is 0 Å². The van der Waals surface area contributed by atoms with Crippen LogP contribution < -0.4 is 0 Å². The molecule has 0 bridgehead atoms. The molecule has 0 spiro atoms. The van der Waals surface area contributed by atoms with Gasteiger partial charge < -0.3 is 9.47 Å². The molecule has 1 heterocycles. The monoisotopic (exact) mass is 176 g/mol. The fourth-order valence-corrected chi connectivity index (χ4v) is 0.407. The van der Waals surface area contributed by atoms with Crippen LogP contribution in [-0.4, -0.2) is 19.5 Å². The summed E-state index contributed by atoms with van der Waals surface area (Å²) in [5.74, 6) is 0. The van der Waals surface area contributed by atoms with Crippen LogP contribution in [0.5, 0.6) is 0 Å². The summed E-state index contributed by atoms with van der Waals surface area (Å²) < 4.78 is 9.64. The van der Waals surface area contributed by atoms with Crippen LogP contribution in [0.25, 0.3) is 0 Å². The van der Waals surface area contributed by atoms with Gasteiger partial charge in [0.25, 0.3) is 0 Å². The molecule has 0 unspecified atom stereocenters. The normalized spacial score (nSPS) is 21.9. The molecule has 0 amide bonds. The minimum absolute atomic E-state index is 0. The fraction of sp³-hybridized carbons (Fsp3) is 0.750. The van der Waals surface area contributed by atoms with Gasteiger partial charge in [0.2, 0.25) is 0 Å². The van der Waals surface area contributed by atoms with Crippen LogP contribution >= 0.6 is 0 Å². The number of rotatable bonds is 0. The number of hydrogen-bond donors (Lipinski definition) is 0. The second kappa shape index (κ2) is 3.96. The summed E-state index contributed by atoms with van der Waals surface area (Å²) in [7, 11) is 0. The van der Waals surface area contributed by atoms with Gasteiger partial charge in [-0.05, 0) is 0 Å². The molecule has 1 fully saturated rings. The Bertz CT molecular complexity index is 43.0. The van der Waals surface area contributed by atoms with Crippen molar-refractivity contribution in [1.29, 1.82) is 0 Å². The number of hydrogen-bond acceptors (Lipinski definition) is 2. The second-order valence-electron chi connectivity index (χ2n) is 1.17. The summed E-state index contributed by atoms with van der Waals surface area (Å²) in [4.78, 5) is 0. The van der Waals surface area contributed by atoms with E-state index in [-0.39, 0.29) is 39.0 Å². The Morgan fingerprint density at radius 3 is 1.86 bits per heavy atom. The summed E-state index contributed by atoms with van der Waals surface area (Å²) in [6.07, 6.45) is -0.204. The zero-order valence-corrected chi connectivity index (χ0v) is 6.93. The molecule has 3 heteroatoms. The second-order valence-corrected chi connectivity index (χ2v) is 1.17. The van der Waals surface area contributed by atoms with Crippen molar-refractivity contribution in [2.24, 2.45) is 0 Å². The third-order valence-corrected chi connectivity index (χ3v) is 0.691. The largest absolute Gasteiger partial charge is 0.381 e. The Hall–Kier alpha value is 1.02.